The largest absolute Gasteiger partial charge is 0.375 e. The molecule has 1 aliphatic heterocycles. The Morgan fingerprint density at radius 3 is 2.87 bits per heavy atom. The lowest BCUT2D eigenvalue weighted by Gasteiger charge is -2.36. The van der Waals surface area contributed by atoms with Crippen LogP contribution in [-0.4, -0.2) is 41.1 Å². The fourth-order valence-electron chi connectivity index (χ4n) is 2.60. The third-order valence-electron chi connectivity index (χ3n) is 3.90. The average Bonchev–Trinajstić information content (AvgIpc) is 3.00. The summed E-state index contributed by atoms with van der Waals surface area (Å²) in [6.45, 7) is 5.13. The second-order valence-corrected chi connectivity index (χ2v) is 6.99. The molecule has 3 rings (SSSR count). The van der Waals surface area contributed by atoms with E-state index in [4.69, 9.17) is 4.74 Å². The Bertz CT molecular complexity index is 686. The molecule has 23 heavy (non-hydrogen) atoms. The van der Waals surface area contributed by atoms with E-state index in [1.54, 1.807) is 18.3 Å². The molecular formula is C17H19FN2O2S. The van der Waals surface area contributed by atoms with E-state index in [-0.39, 0.29) is 23.9 Å². The molecule has 122 valence electrons. The molecule has 0 spiro atoms. The first-order valence-electron chi connectivity index (χ1n) is 7.64. The number of amides is 1. The number of morpholine rings is 1. The van der Waals surface area contributed by atoms with Crippen LogP contribution in [0.4, 0.5) is 4.39 Å². The number of aromatic nitrogens is 1. The minimum atomic E-state index is -0.251. The van der Waals surface area contributed by atoms with Gasteiger partial charge in [0, 0.05) is 13.0 Å². The fraction of sp³-hybridized carbons (Fsp3) is 0.412. The van der Waals surface area contributed by atoms with Gasteiger partial charge in [0.15, 0.2) is 0 Å². The molecule has 2 heterocycles. The maximum Gasteiger partial charge on any atom is 0.265 e. The Kier molecular flexibility index (Phi) is 4.73. The van der Waals surface area contributed by atoms with Gasteiger partial charge in [0.2, 0.25) is 0 Å². The number of halogens is 1. The first-order valence-corrected chi connectivity index (χ1v) is 8.46. The highest BCUT2D eigenvalue weighted by Gasteiger charge is 2.29. The summed E-state index contributed by atoms with van der Waals surface area (Å²) in [6.07, 6.45) is 2.30. The van der Waals surface area contributed by atoms with Crippen molar-refractivity contribution in [1.29, 1.82) is 0 Å². The lowest BCUT2D eigenvalue weighted by molar-refractivity contribution is -0.0385. The summed E-state index contributed by atoms with van der Waals surface area (Å²) in [5.74, 6) is -0.241. The summed E-state index contributed by atoms with van der Waals surface area (Å²) in [7, 11) is 0. The number of thiazole rings is 1. The molecule has 1 aromatic carbocycles. The lowest BCUT2D eigenvalue weighted by atomic mass is 10.2. The van der Waals surface area contributed by atoms with Crippen LogP contribution in [0.5, 0.6) is 0 Å². The molecule has 0 radical (unpaired) electrons. The van der Waals surface area contributed by atoms with Crippen molar-refractivity contribution in [1.82, 2.24) is 9.88 Å². The molecule has 0 N–H and O–H groups in total. The average molecular weight is 334 g/mol. The molecular weight excluding hydrogens is 315 g/mol. The van der Waals surface area contributed by atoms with Crippen LogP contribution in [0.1, 0.15) is 34.1 Å². The second kappa shape index (κ2) is 6.76. The molecule has 2 aromatic rings. The highest BCUT2D eigenvalue weighted by molar-refractivity contribution is 7.13. The summed E-state index contributed by atoms with van der Waals surface area (Å²) in [4.78, 5) is 19.5. The molecule has 1 amide bonds. The van der Waals surface area contributed by atoms with Gasteiger partial charge in [-0.25, -0.2) is 9.37 Å². The fourth-order valence-corrected chi connectivity index (χ4v) is 3.50. The Morgan fingerprint density at radius 1 is 1.39 bits per heavy atom. The molecule has 1 fully saturated rings. The Morgan fingerprint density at radius 2 is 2.13 bits per heavy atom. The molecule has 1 aliphatic rings. The van der Waals surface area contributed by atoms with Crippen molar-refractivity contribution in [3.63, 3.8) is 0 Å². The standard InChI is InChI=1S/C17H19FN2O2S/c1-11-10-22-12(2)9-20(11)17(21)15-8-19-16(23-15)7-13-3-5-14(18)6-4-13/h3-6,8,11-12H,7,9-10H2,1-2H3. The molecule has 2 atom stereocenters. The van der Waals surface area contributed by atoms with Crippen molar-refractivity contribution in [3.05, 3.63) is 51.7 Å². The van der Waals surface area contributed by atoms with Crippen molar-refractivity contribution < 1.29 is 13.9 Å². The molecule has 4 nitrogen and oxygen atoms in total. The minimum absolute atomic E-state index is 0.00973. The van der Waals surface area contributed by atoms with E-state index in [2.05, 4.69) is 4.98 Å². The van der Waals surface area contributed by atoms with Crippen molar-refractivity contribution in [2.45, 2.75) is 32.4 Å². The third-order valence-corrected chi connectivity index (χ3v) is 4.89. The zero-order chi connectivity index (χ0) is 16.4. The van der Waals surface area contributed by atoms with Crippen LogP contribution < -0.4 is 0 Å². The Labute approximate surface area is 138 Å². The van der Waals surface area contributed by atoms with E-state index in [0.29, 0.717) is 24.4 Å². The Hall–Kier alpha value is -1.79. The van der Waals surface area contributed by atoms with E-state index >= 15 is 0 Å². The number of hydrogen-bond acceptors (Lipinski definition) is 4. The van der Waals surface area contributed by atoms with Crippen LogP contribution in [-0.2, 0) is 11.2 Å². The van der Waals surface area contributed by atoms with E-state index in [1.165, 1.54) is 23.5 Å². The smallest absolute Gasteiger partial charge is 0.265 e. The van der Waals surface area contributed by atoms with Gasteiger partial charge in [0.25, 0.3) is 5.91 Å². The highest BCUT2D eigenvalue weighted by Crippen LogP contribution is 2.21. The number of carbonyl (C=O) groups excluding carboxylic acids is 1. The van der Waals surface area contributed by atoms with Crippen LogP contribution in [0.3, 0.4) is 0 Å². The lowest BCUT2D eigenvalue weighted by Crippen LogP contribution is -2.50. The third kappa shape index (κ3) is 3.76. The molecule has 0 bridgehead atoms. The molecule has 1 saturated heterocycles. The van der Waals surface area contributed by atoms with E-state index < -0.39 is 0 Å². The number of carbonyl (C=O) groups is 1. The van der Waals surface area contributed by atoms with Crippen molar-refractivity contribution in [2.75, 3.05) is 13.2 Å². The van der Waals surface area contributed by atoms with Crippen molar-refractivity contribution in [2.24, 2.45) is 0 Å². The Balaban J connectivity index is 1.70. The van der Waals surface area contributed by atoms with Gasteiger partial charge >= 0.3 is 0 Å². The van der Waals surface area contributed by atoms with Gasteiger partial charge in [-0.15, -0.1) is 11.3 Å². The zero-order valence-corrected chi connectivity index (χ0v) is 14.0. The monoisotopic (exact) mass is 334 g/mol. The van der Waals surface area contributed by atoms with E-state index in [9.17, 15) is 9.18 Å². The first kappa shape index (κ1) is 16.1. The SMILES string of the molecule is CC1CN(C(=O)c2cnc(Cc3ccc(F)cc3)s2)C(C)CO1. The summed E-state index contributed by atoms with van der Waals surface area (Å²) in [6, 6.07) is 6.42. The number of ether oxygens (including phenoxy) is 1. The van der Waals surface area contributed by atoms with Gasteiger partial charge in [-0.2, -0.15) is 0 Å². The number of benzene rings is 1. The van der Waals surface area contributed by atoms with Crippen LogP contribution in [0.2, 0.25) is 0 Å². The van der Waals surface area contributed by atoms with Gasteiger partial charge in [0.05, 0.1) is 30.0 Å². The van der Waals surface area contributed by atoms with Gasteiger partial charge in [-0.1, -0.05) is 12.1 Å². The summed E-state index contributed by atoms with van der Waals surface area (Å²) in [5.41, 5.74) is 0.980. The molecule has 1 aromatic heterocycles. The number of nitrogens with zero attached hydrogens (tertiary/aromatic N) is 2. The quantitative estimate of drug-likeness (QED) is 0.866. The molecule has 2 unspecified atom stereocenters. The van der Waals surface area contributed by atoms with Gasteiger partial charge in [-0.3, -0.25) is 4.79 Å². The summed E-state index contributed by atoms with van der Waals surface area (Å²) in [5, 5.41) is 0.855. The molecule has 6 heteroatoms. The van der Waals surface area contributed by atoms with Crippen molar-refractivity contribution in [3.8, 4) is 0 Å². The van der Waals surface area contributed by atoms with Gasteiger partial charge < -0.3 is 9.64 Å². The highest BCUT2D eigenvalue weighted by atomic mass is 32.1. The predicted octanol–water partition coefficient (Wildman–Crippen LogP) is 3.12. The topological polar surface area (TPSA) is 42.4 Å². The van der Waals surface area contributed by atoms with Crippen LogP contribution >= 0.6 is 11.3 Å². The zero-order valence-electron chi connectivity index (χ0n) is 13.2. The van der Waals surface area contributed by atoms with E-state index in [1.807, 2.05) is 18.7 Å². The predicted molar refractivity (Wildman–Crippen MR) is 87.2 cm³/mol. The maximum atomic E-state index is 12.9. The minimum Gasteiger partial charge on any atom is -0.375 e. The maximum absolute atomic E-state index is 12.9. The summed E-state index contributed by atoms with van der Waals surface area (Å²) < 4.78 is 18.5. The number of rotatable bonds is 3. The normalized spacial score (nSPS) is 21.4. The van der Waals surface area contributed by atoms with Gasteiger partial charge in [-0.05, 0) is 31.5 Å². The summed E-state index contributed by atoms with van der Waals surface area (Å²) >= 11 is 1.40. The van der Waals surface area contributed by atoms with Crippen LogP contribution in [0.15, 0.2) is 30.5 Å². The molecule has 0 aliphatic carbocycles. The van der Waals surface area contributed by atoms with Crippen LogP contribution in [0, 0.1) is 5.82 Å². The van der Waals surface area contributed by atoms with Gasteiger partial charge in [0.1, 0.15) is 10.7 Å². The second-order valence-electron chi connectivity index (χ2n) is 5.87. The number of hydrogen-bond donors (Lipinski definition) is 0. The molecule has 0 saturated carbocycles. The van der Waals surface area contributed by atoms with Crippen LogP contribution in [0.25, 0.3) is 0 Å². The van der Waals surface area contributed by atoms with E-state index in [0.717, 1.165) is 10.6 Å². The van der Waals surface area contributed by atoms with Crippen molar-refractivity contribution >= 4 is 17.2 Å². The first-order chi connectivity index (χ1) is 11.0.